The van der Waals surface area contributed by atoms with E-state index in [2.05, 4.69) is 5.32 Å². The summed E-state index contributed by atoms with van der Waals surface area (Å²) >= 11 is 5.54. The van der Waals surface area contributed by atoms with Crippen molar-refractivity contribution in [1.82, 2.24) is 4.90 Å². The molecule has 0 spiro atoms. The summed E-state index contributed by atoms with van der Waals surface area (Å²) in [6.07, 6.45) is -4.18. The second-order valence-corrected chi connectivity index (χ2v) is 6.05. The lowest BCUT2D eigenvalue weighted by molar-refractivity contribution is -0.137. The van der Waals surface area contributed by atoms with Gasteiger partial charge in [0.2, 0.25) is 11.8 Å². The largest absolute Gasteiger partial charge is 0.417 e. The zero-order valence-corrected chi connectivity index (χ0v) is 14.0. The van der Waals surface area contributed by atoms with Crippen LogP contribution in [0, 0.1) is 11.8 Å². The Morgan fingerprint density at radius 2 is 1.88 bits per heavy atom. The normalized spacial score (nSPS) is 19.8. The second kappa shape index (κ2) is 7.01. The molecule has 2 unspecified atom stereocenters. The van der Waals surface area contributed by atoms with Crippen LogP contribution in [0.1, 0.15) is 25.8 Å². The standard InChI is InChI=1S/C16H18ClF3N2O2/c1-3-22(4-2)15(24)11-8-10(11)14(23)21-9-5-6-13(17)12(7-9)16(18,19)20/h5-7,10-11H,3-4,8H2,1-2H3,(H,21,23). The van der Waals surface area contributed by atoms with Gasteiger partial charge in [-0.3, -0.25) is 9.59 Å². The Morgan fingerprint density at radius 3 is 2.42 bits per heavy atom. The first-order valence-electron chi connectivity index (χ1n) is 7.65. The molecule has 132 valence electrons. The summed E-state index contributed by atoms with van der Waals surface area (Å²) in [5, 5.41) is 2.01. The molecule has 0 aromatic heterocycles. The number of nitrogens with zero attached hydrogens (tertiary/aromatic N) is 1. The van der Waals surface area contributed by atoms with Crippen LogP contribution in [0.5, 0.6) is 0 Å². The zero-order chi connectivity index (χ0) is 18.1. The van der Waals surface area contributed by atoms with Crippen LogP contribution < -0.4 is 5.32 Å². The van der Waals surface area contributed by atoms with Crippen molar-refractivity contribution in [2.75, 3.05) is 18.4 Å². The topological polar surface area (TPSA) is 49.4 Å². The molecule has 0 radical (unpaired) electrons. The lowest BCUT2D eigenvalue weighted by Gasteiger charge is -2.18. The number of rotatable bonds is 5. The molecule has 1 saturated carbocycles. The highest BCUT2D eigenvalue weighted by atomic mass is 35.5. The van der Waals surface area contributed by atoms with Gasteiger partial charge in [0.15, 0.2) is 0 Å². The summed E-state index contributed by atoms with van der Waals surface area (Å²) in [6, 6.07) is 3.19. The SMILES string of the molecule is CCN(CC)C(=O)C1CC1C(=O)Nc1ccc(Cl)c(C(F)(F)F)c1. The van der Waals surface area contributed by atoms with Crippen molar-refractivity contribution in [3.63, 3.8) is 0 Å². The lowest BCUT2D eigenvalue weighted by atomic mass is 10.2. The number of hydrogen-bond donors (Lipinski definition) is 1. The summed E-state index contributed by atoms with van der Waals surface area (Å²) in [7, 11) is 0. The van der Waals surface area contributed by atoms with E-state index >= 15 is 0 Å². The molecule has 2 atom stereocenters. The molecule has 0 bridgehead atoms. The summed E-state index contributed by atoms with van der Waals surface area (Å²) in [5.74, 6) is -1.43. The number of benzene rings is 1. The number of carbonyl (C=O) groups is 2. The predicted molar refractivity (Wildman–Crippen MR) is 84.6 cm³/mol. The van der Waals surface area contributed by atoms with Crippen LogP contribution in [0.15, 0.2) is 18.2 Å². The second-order valence-electron chi connectivity index (χ2n) is 5.64. The minimum absolute atomic E-state index is 0.0117. The summed E-state index contributed by atoms with van der Waals surface area (Å²) < 4.78 is 38.5. The van der Waals surface area contributed by atoms with E-state index in [-0.39, 0.29) is 17.5 Å². The number of anilines is 1. The summed E-state index contributed by atoms with van der Waals surface area (Å²) in [5.41, 5.74) is -0.994. The van der Waals surface area contributed by atoms with E-state index in [0.29, 0.717) is 19.5 Å². The average molecular weight is 363 g/mol. The van der Waals surface area contributed by atoms with Crippen molar-refractivity contribution in [3.8, 4) is 0 Å². The van der Waals surface area contributed by atoms with Crippen LogP contribution in [-0.4, -0.2) is 29.8 Å². The monoisotopic (exact) mass is 362 g/mol. The molecule has 1 N–H and O–H groups in total. The van der Waals surface area contributed by atoms with Gasteiger partial charge in [0.25, 0.3) is 0 Å². The molecule has 2 amide bonds. The molecule has 0 saturated heterocycles. The van der Waals surface area contributed by atoms with Gasteiger partial charge in [-0.05, 0) is 38.5 Å². The van der Waals surface area contributed by atoms with E-state index < -0.39 is 28.6 Å². The van der Waals surface area contributed by atoms with Crippen molar-refractivity contribution in [1.29, 1.82) is 0 Å². The molecule has 2 rings (SSSR count). The molecule has 1 aromatic carbocycles. The van der Waals surface area contributed by atoms with Crippen molar-refractivity contribution >= 4 is 29.1 Å². The van der Waals surface area contributed by atoms with Crippen molar-refractivity contribution in [2.45, 2.75) is 26.4 Å². The zero-order valence-electron chi connectivity index (χ0n) is 13.3. The smallest absolute Gasteiger partial charge is 0.343 e. The fourth-order valence-corrected chi connectivity index (χ4v) is 2.81. The van der Waals surface area contributed by atoms with E-state index in [1.807, 2.05) is 13.8 Å². The Balaban J connectivity index is 2.03. The van der Waals surface area contributed by atoms with Crippen LogP contribution >= 0.6 is 11.6 Å². The van der Waals surface area contributed by atoms with Crippen molar-refractivity contribution < 1.29 is 22.8 Å². The molecular formula is C16H18ClF3N2O2. The van der Waals surface area contributed by atoms with Gasteiger partial charge < -0.3 is 10.2 Å². The van der Waals surface area contributed by atoms with Crippen molar-refractivity contribution in [3.05, 3.63) is 28.8 Å². The third-order valence-corrected chi connectivity index (χ3v) is 4.39. The maximum Gasteiger partial charge on any atom is 0.417 e. The van der Waals surface area contributed by atoms with Crippen LogP contribution in [0.4, 0.5) is 18.9 Å². The number of hydrogen-bond acceptors (Lipinski definition) is 2. The van der Waals surface area contributed by atoms with Gasteiger partial charge in [-0.25, -0.2) is 0 Å². The highest BCUT2D eigenvalue weighted by molar-refractivity contribution is 6.31. The quantitative estimate of drug-likeness (QED) is 0.866. The molecule has 0 heterocycles. The van der Waals surface area contributed by atoms with Crippen LogP contribution in [0.2, 0.25) is 5.02 Å². The van der Waals surface area contributed by atoms with Crippen LogP contribution in [0.3, 0.4) is 0 Å². The van der Waals surface area contributed by atoms with Gasteiger partial charge in [0, 0.05) is 18.8 Å². The summed E-state index contributed by atoms with van der Waals surface area (Å²) in [4.78, 5) is 25.9. The maximum absolute atomic E-state index is 12.8. The molecule has 1 aromatic rings. The number of carbonyl (C=O) groups excluding carboxylic acids is 2. The average Bonchev–Trinajstić information content (AvgIpc) is 3.29. The first-order valence-corrected chi connectivity index (χ1v) is 8.03. The van der Waals surface area contributed by atoms with E-state index in [4.69, 9.17) is 11.6 Å². The Labute approximate surface area is 143 Å². The highest BCUT2D eigenvalue weighted by Crippen LogP contribution is 2.41. The fraction of sp³-hybridized carbons (Fsp3) is 0.500. The minimum Gasteiger partial charge on any atom is -0.343 e. The molecule has 0 aliphatic heterocycles. The number of amides is 2. The van der Waals surface area contributed by atoms with Gasteiger partial charge in [-0.15, -0.1) is 0 Å². The molecular weight excluding hydrogens is 345 g/mol. The van der Waals surface area contributed by atoms with E-state index in [0.717, 1.165) is 12.1 Å². The van der Waals surface area contributed by atoms with E-state index in [1.54, 1.807) is 4.90 Å². The first-order chi connectivity index (χ1) is 11.2. The van der Waals surface area contributed by atoms with Gasteiger partial charge in [-0.2, -0.15) is 13.2 Å². The third-order valence-electron chi connectivity index (χ3n) is 4.06. The lowest BCUT2D eigenvalue weighted by Crippen LogP contribution is -2.33. The van der Waals surface area contributed by atoms with Crippen molar-refractivity contribution in [2.24, 2.45) is 11.8 Å². The highest BCUT2D eigenvalue weighted by Gasteiger charge is 2.49. The maximum atomic E-state index is 12.8. The molecule has 1 aliphatic carbocycles. The molecule has 1 fully saturated rings. The Hall–Kier alpha value is -1.76. The first kappa shape index (κ1) is 18.6. The fourth-order valence-electron chi connectivity index (χ4n) is 2.58. The third kappa shape index (κ3) is 4.01. The Morgan fingerprint density at radius 1 is 1.25 bits per heavy atom. The van der Waals surface area contributed by atoms with Crippen LogP contribution in [-0.2, 0) is 15.8 Å². The number of alkyl halides is 3. The summed E-state index contributed by atoms with van der Waals surface area (Å²) in [6.45, 7) is 4.83. The van der Waals surface area contributed by atoms with Crippen LogP contribution in [0.25, 0.3) is 0 Å². The number of nitrogens with one attached hydrogen (secondary N) is 1. The Bertz CT molecular complexity index is 645. The van der Waals surface area contributed by atoms with E-state index in [1.165, 1.54) is 6.07 Å². The van der Waals surface area contributed by atoms with Gasteiger partial charge in [0.1, 0.15) is 0 Å². The van der Waals surface area contributed by atoms with E-state index in [9.17, 15) is 22.8 Å². The minimum atomic E-state index is -4.60. The molecule has 4 nitrogen and oxygen atoms in total. The Kier molecular flexibility index (Phi) is 5.42. The predicted octanol–water partition coefficient (Wildman–Crippen LogP) is 3.80. The number of halogens is 4. The molecule has 1 aliphatic rings. The van der Waals surface area contributed by atoms with Gasteiger partial charge in [-0.1, -0.05) is 11.6 Å². The van der Waals surface area contributed by atoms with Gasteiger partial charge >= 0.3 is 6.18 Å². The molecule has 24 heavy (non-hydrogen) atoms. The molecule has 8 heteroatoms. The van der Waals surface area contributed by atoms with Gasteiger partial charge in [0.05, 0.1) is 22.4 Å².